The van der Waals surface area contributed by atoms with Gasteiger partial charge in [0.2, 0.25) is 6.79 Å². The van der Waals surface area contributed by atoms with Crippen molar-refractivity contribution in [3.63, 3.8) is 0 Å². The highest BCUT2D eigenvalue weighted by Crippen LogP contribution is 2.48. The number of rotatable bonds is 2. The summed E-state index contributed by atoms with van der Waals surface area (Å²) < 4.78 is 20.6. The number of benzene rings is 1. The average Bonchev–Trinajstić information content (AvgIpc) is 3.21. The predicted octanol–water partition coefficient (Wildman–Crippen LogP) is 0.276. The fourth-order valence-electron chi connectivity index (χ4n) is 3.86. The fraction of sp³-hybridized carbons (Fsp3) is 0.412. The topological polar surface area (TPSA) is 79.9 Å². The van der Waals surface area contributed by atoms with E-state index >= 15 is 0 Å². The van der Waals surface area contributed by atoms with Crippen LogP contribution in [-0.4, -0.2) is 32.9 Å². The summed E-state index contributed by atoms with van der Waals surface area (Å²) in [5.41, 5.74) is 0.308. The van der Waals surface area contributed by atoms with Crippen molar-refractivity contribution in [1.82, 2.24) is 13.9 Å². The van der Waals surface area contributed by atoms with E-state index in [0.29, 0.717) is 11.5 Å². The smallest absolute Gasteiger partial charge is 0.347 e. The van der Waals surface area contributed by atoms with Gasteiger partial charge in [0, 0.05) is 20.0 Å². The van der Waals surface area contributed by atoms with Crippen molar-refractivity contribution < 1.29 is 14.2 Å². The van der Waals surface area contributed by atoms with Gasteiger partial charge in [-0.3, -0.25) is 0 Å². The highest BCUT2D eigenvalue weighted by atomic mass is 16.7. The van der Waals surface area contributed by atoms with Gasteiger partial charge < -0.3 is 14.2 Å². The van der Waals surface area contributed by atoms with Crippen molar-refractivity contribution in [1.29, 1.82) is 0 Å². The zero-order valence-electron chi connectivity index (χ0n) is 13.8. The highest BCUT2D eigenvalue weighted by Gasteiger charge is 2.51. The fourth-order valence-corrected chi connectivity index (χ4v) is 3.86. The molecule has 25 heavy (non-hydrogen) atoms. The number of fused-ring (bicyclic) bond motifs is 2. The second kappa shape index (κ2) is 4.89. The number of nitrogens with zero attached hydrogens (tertiary/aromatic N) is 3. The van der Waals surface area contributed by atoms with Crippen LogP contribution in [0.4, 0.5) is 0 Å². The third kappa shape index (κ3) is 1.97. The van der Waals surface area contributed by atoms with Crippen molar-refractivity contribution in [2.45, 2.75) is 24.2 Å². The maximum absolute atomic E-state index is 12.6. The molecule has 1 aliphatic carbocycles. The molecule has 0 bridgehead atoms. The second-order valence-electron chi connectivity index (χ2n) is 6.57. The van der Waals surface area contributed by atoms with E-state index in [4.69, 9.17) is 14.2 Å². The largest absolute Gasteiger partial charge is 0.454 e. The Morgan fingerprint density at radius 2 is 1.84 bits per heavy atom. The Labute approximate surface area is 142 Å². The van der Waals surface area contributed by atoms with E-state index < -0.39 is 0 Å². The van der Waals surface area contributed by atoms with Crippen LogP contribution in [0.3, 0.4) is 0 Å². The molecule has 5 rings (SSSR count). The first kappa shape index (κ1) is 14.6. The van der Waals surface area contributed by atoms with Gasteiger partial charge in [-0.1, -0.05) is 18.2 Å². The normalized spacial score (nSPS) is 28.9. The van der Waals surface area contributed by atoms with E-state index in [1.54, 1.807) is 7.05 Å². The van der Waals surface area contributed by atoms with Crippen LogP contribution in [0.1, 0.15) is 17.5 Å². The molecular weight excluding hydrogens is 326 g/mol. The molecule has 8 heteroatoms. The summed E-state index contributed by atoms with van der Waals surface area (Å²) >= 11 is 0. The van der Waals surface area contributed by atoms with Gasteiger partial charge in [0.15, 0.2) is 11.5 Å². The van der Waals surface area contributed by atoms with E-state index in [1.807, 2.05) is 30.4 Å². The van der Waals surface area contributed by atoms with E-state index in [2.05, 4.69) is 0 Å². The molecule has 1 saturated heterocycles. The number of aromatic nitrogens is 3. The van der Waals surface area contributed by atoms with Crippen molar-refractivity contribution in [3.8, 4) is 11.5 Å². The van der Waals surface area contributed by atoms with Gasteiger partial charge in [0.1, 0.15) is 6.10 Å². The van der Waals surface area contributed by atoms with E-state index in [1.165, 1.54) is 16.4 Å². The first-order valence-corrected chi connectivity index (χ1v) is 8.14. The summed E-state index contributed by atoms with van der Waals surface area (Å²) in [6.07, 6.45) is 3.95. The molecule has 1 fully saturated rings. The molecule has 0 radical (unpaired) electrons. The molecule has 0 N–H and O–H groups in total. The minimum atomic E-state index is -0.346. The summed E-state index contributed by atoms with van der Waals surface area (Å²) in [7, 11) is 3.09. The number of allylic oxidation sites excluding steroid dienone is 1. The van der Waals surface area contributed by atoms with Crippen LogP contribution in [0, 0.1) is 0 Å². The van der Waals surface area contributed by atoms with Crippen molar-refractivity contribution in [2.24, 2.45) is 14.1 Å². The van der Waals surface area contributed by atoms with Gasteiger partial charge in [-0.15, -0.1) is 0 Å². The van der Waals surface area contributed by atoms with Crippen molar-refractivity contribution >= 4 is 0 Å². The van der Waals surface area contributed by atoms with Crippen LogP contribution in [0.25, 0.3) is 0 Å². The Hall–Kier alpha value is -2.74. The van der Waals surface area contributed by atoms with Crippen LogP contribution in [0.15, 0.2) is 39.9 Å². The predicted molar refractivity (Wildman–Crippen MR) is 87.1 cm³/mol. The van der Waals surface area contributed by atoms with Crippen LogP contribution in [0.5, 0.6) is 11.5 Å². The molecule has 0 amide bonds. The van der Waals surface area contributed by atoms with E-state index in [0.717, 1.165) is 10.1 Å². The number of hydrogen-bond acceptors (Lipinski definition) is 5. The molecule has 2 aliphatic heterocycles. The Morgan fingerprint density at radius 3 is 2.60 bits per heavy atom. The van der Waals surface area contributed by atoms with E-state index in [9.17, 15) is 9.59 Å². The molecular formula is C17H17N3O5. The summed E-state index contributed by atoms with van der Waals surface area (Å²) in [5, 5.41) is 0. The van der Waals surface area contributed by atoms with Gasteiger partial charge in [0.05, 0.1) is 12.1 Å². The van der Waals surface area contributed by atoms with Crippen LogP contribution >= 0.6 is 0 Å². The van der Waals surface area contributed by atoms with Gasteiger partial charge in [-0.05, 0) is 17.7 Å². The molecule has 3 aliphatic rings. The standard InChI is InChI=1S/C17H17N3O5/c1-18-16(21)19(2)20(17(18)22)10-4-6-12-15(25-12)14(10)9-3-5-11-13(7-9)24-8-23-11/h3-7,10,12,14-15H,8H2,1-2H3/t10-,12-,14+,15-/m0/s1. The monoisotopic (exact) mass is 343 g/mol. The molecule has 0 spiro atoms. The quantitative estimate of drug-likeness (QED) is 0.578. The minimum Gasteiger partial charge on any atom is -0.454 e. The highest BCUT2D eigenvalue weighted by molar-refractivity contribution is 5.47. The number of ether oxygens (including phenoxy) is 3. The summed E-state index contributed by atoms with van der Waals surface area (Å²) in [6.45, 7) is 0.210. The lowest BCUT2D eigenvalue weighted by molar-refractivity contribution is 0.174. The van der Waals surface area contributed by atoms with Gasteiger partial charge in [-0.2, -0.15) is 0 Å². The molecule has 0 saturated carbocycles. The first-order valence-electron chi connectivity index (χ1n) is 8.14. The number of hydrogen-bond donors (Lipinski definition) is 0. The van der Waals surface area contributed by atoms with Crippen LogP contribution in [0.2, 0.25) is 0 Å². The molecule has 1 aromatic heterocycles. The summed E-state index contributed by atoms with van der Waals surface area (Å²) in [5.74, 6) is 1.32. The Balaban J connectivity index is 1.65. The lowest BCUT2D eigenvalue weighted by atomic mass is 9.83. The SMILES string of the molecule is Cn1c(=O)n(C)n([C@H]2C=C[C@@H]3O[C@@H]3[C@@H]2c2ccc3c(c2)OCO3)c1=O. The summed E-state index contributed by atoms with van der Waals surface area (Å²) in [4.78, 5) is 24.7. The Bertz CT molecular complexity index is 1010. The molecule has 0 unspecified atom stereocenters. The first-order chi connectivity index (χ1) is 12.1. The summed E-state index contributed by atoms with van der Waals surface area (Å²) in [6, 6.07) is 5.46. The molecule has 1 aromatic carbocycles. The number of epoxide rings is 1. The average molecular weight is 343 g/mol. The van der Waals surface area contributed by atoms with Gasteiger partial charge >= 0.3 is 11.4 Å². The van der Waals surface area contributed by atoms with Gasteiger partial charge in [0.25, 0.3) is 0 Å². The molecule has 3 heterocycles. The lowest BCUT2D eigenvalue weighted by Gasteiger charge is -2.27. The second-order valence-corrected chi connectivity index (χ2v) is 6.57. The lowest BCUT2D eigenvalue weighted by Crippen LogP contribution is -2.35. The third-order valence-electron chi connectivity index (χ3n) is 5.22. The van der Waals surface area contributed by atoms with E-state index in [-0.39, 0.29) is 42.3 Å². The zero-order chi connectivity index (χ0) is 17.3. The maximum Gasteiger partial charge on any atom is 0.347 e. The van der Waals surface area contributed by atoms with Crippen LogP contribution < -0.4 is 20.9 Å². The minimum absolute atomic E-state index is 0.0161. The van der Waals surface area contributed by atoms with Crippen molar-refractivity contribution in [3.05, 3.63) is 56.9 Å². The molecule has 2 aromatic rings. The van der Waals surface area contributed by atoms with Crippen LogP contribution in [-0.2, 0) is 18.8 Å². The maximum atomic E-state index is 12.6. The molecule has 130 valence electrons. The zero-order valence-corrected chi connectivity index (χ0v) is 13.8. The Morgan fingerprint density at radius 1 is 1.04 bits per heavy atom. The molecule has 8 nitrogen and oxygen atoms in total. The Kier molecular flexibility index (Phi) is 2.85. The third-order valence-corrected chi connectivity index (χ3v) is 5.22. The molecule has 4 atom stereocenters. The van der Waals surface area contributed by atoms with Gasteiger partial charge in [-0.25, -0.2) is 23.5 Å². The van der Waals surface area contributed by atoms with Crippen molar-refractivity contribution in [2.75, 3.05) is 6.79 Å².